The van der Waals surface area contributed by atoms with Gasteiger partial charge in [-0.1, -0.05) is 32.9 Å². The number of aromatic nitrogens is 4. The minimum atomic E-state index is 0.353. The number of fused-ring (bicyclic) bond motifs is 2. The summed E-state index contributed by atoms with van der Waals surface area (Å²) in [6, 6.07) is 10.5. The highest BCUT2D eigenvalue weighted by Gasteiger charge is 2.31. The van der Waals surface area contributed by atoms with Crippen molar-refractivity contribution in [1.29, 1.82) is 0 Å². The van der Waals surface area contributed by atoms with E-state index < -0.39 is 0 Å². The van der Waals surface area contributed by atoms with Crippen LogP contribution in [0.3, 0.4) is 0 Å². The molecule has 6 heteroatoms. The van der Waals surface area contributed by atoms with Gasteiger partial charge < -0.3 is 11.1 Å². The van der Waals surface area contributed by atoms with Crippen LogP contribution in [0.5, 0.6) is 0 Å². The van der Waals surface area contributed by atoms with Crippen molar-refractivity contribution in [3.05, 3.63) is 47.9 Å². The van der Waals surface area contributed by atoms with Gasteiger partial charge in [0.2, 0.25) is 5.95 Å². The van der Waals surface area contributed by atoms with Gasteiger partial charge in [-0.2, -0.15) is 0 Å². The fraction of sp³-hybridized carbons (Fsp3) is 0.429. The lowest BCUT2D eigenvalue weighted by molar-refractivity contribution is 0.167. The smallest absolute Gasteiger partial charge is 0.222 e. The van der Waals surface area contributed by atoms with Crippen molar-refractivity contribution in [2.45, 2.75) is 59.3 Å². The summed E-state index contributed by atoms with van der Waals surface area (Å²) in [4.78, 5) is 18.9. The Kier molecular flexibility index (Phi) is 5.62. The van der Waals surface area contributed by atoms with Crippen LogP contribution in [0.15, 0.2) is 36.5 Å². The van der Waals surface area contributed by atoms with Gasteiger partial charge in [0.25, 0.3) is 0 Å². The zero-order chi connectivity index (χ0) is 24.0. The summed E-state index contributed by atoms with van der Waals surface area (Å²) in [6.45, 7) is 9.19. The summed E-state index contributed by atoms with van der Waals surface area (Å²) < 4.78 is 0. The minimum Gasteiger partial charge on any atom is -0.383 e. The maximum absolute atomic E-state index is 6.50. The molecule has 34 heavy (non-hydrogen) atoms. The molecule has 6 nitrogen and oxygen atoms in total. The average molecular weight is 455 g/mol. The molecule has 0 saturated heterocycles. The second kappa shape index (κ2) is 8.49. The number of anilines is 2. The molecule has 4 aromatic rings. The van der Waals surface area contributed by atoms with Gasteiger partial charge in [0.05, 0.1) is 11.0 Å². The second-order valence-corrected chi connectivity index (χ2v) is 10.8. The topological polar surface area (TPSA) is 89.6 Å². The second-order valence-electron chi connectivity index (χ2n) is 10.8. The SMILES string of the molecule is CNc1ncc2cc(-c3c(C)ccc4c(N)nc(C5CCC(C(C)(C)C)CC5)nc34)ccc2n1. The van der Waals surface area contributed by atoms with E-state index in [1.54, 1.807) is 0 Å². The highest BCUT2D eigenvalue weighted by Crippen LogP contribution is 2.43. The van der Waals surface area contributed by atoms with Crippen LogP contribution in [0.4, 0.5) is 11.8 Å². The highest BCUT2D eigenvalue weighted by atomic mass is 15.1. The van der Waals surface area contributed by atoms with Crippen molar-refractivity contribution in [3.63, 3.8) is 0 Å². The summed E-state index contributed by atoms with van der Waals surface area (Å²) in [7, 11) is 1.83. The standard InChI is InChI=1S/C28H34N6/c1-16-6-12-21-24(23(16)18-9-13-22-19(14-18)15-31-27(30-5)32-22)33-26(34-25(21)29)17-7-10-20(11-8-17)28(2,3)4/h6,9,12-15,17,20H,7-8,10-11H2,1-5H3,(H2,29,33,34)(H,30,31,32). The Hall–Kier alpha value is -3.28. The van der Waals surface area contributed by atoms with E-state index >= 15 is 0 Å². The van der Waals surface area contributed by atoms with Gasteiger partial charge in [-0.25, -0.2) is 19.9 Å². The Bertz CT molecular complexity index is 1360. The summed E-state index contributed by atoms with van der Waals surface area (Å²) in [5.41, 5.74) is 12.1. The lowest BCUT2D eigenvalue weighted by atomic mass is 9.69. The molecule has 0 unspecified atom stereocenters. The van der Waals surface area contributed by atoms with E-state index in [-0.39, 0.29) is 0 Å². The predicted octanol–water partition coefficient (Wildman–Crippen LogP) is 6.49. The molecule has 176 valence electrons. The number of nitrogens with zero attached hydrogens (tertiary/aromatic N) is 4. The van der Waals surface area contributed by atoms with Gasteiger partial charge in [-0.05, 0) is 73.3 Å². The third-order valence-electron chi connectivity index (χ3n) is 7.53. The van der Waals surface area contributed by atoms with Crippen LogP contribution in [0, 0.1) is 18.3 Å². The average Bonchev–Trinajstić information content (AvgIpc) is 2.82. The molecule has 0 bridgehead atoms. The van der Waals surface area contributed by atoms with Crippen molar-refractivity contribution in [1.82, 2.24) is 19.9 Å². The molecule has 2 heterocycles. The maximum atomic E-state index is 6.50. The zero-order valence-corrected chi connectivity index (χ0v) is 20.8. The maximum Gasteiger partial charge on any atom is 0.222 e. The van der Waals surface area contributed by atoms with Crippen LogP contribution < -0.4 is 11.1 Å². The van der Waals surface area contributed by atoms with Gasteiger partial charge in [-0.3, -0.25) is 0 Å². The lowest BCUT2D eigenvalue weighted by Gasteiger charge is -2.36. The van der Waals surface area contributed by atoms with Crippen molar-refractivity contribution < 1.29 is 0 Å². The molecule has 0 atom stereocenters. The molecule has 5 rings (SSSR count). The minimum absolute atomic E-state index is 0.353. The van der Waals surface area contributed by atoms with Crippen LogP contribution in [0.2, 0.25) is 0 Å². The lowest BCUT2D eigenvalue weighted by Crippen LogP contribution is -2.26. The molecule has 0 radical (unpaired) electrons. The summed E-state index contributed by atoms with van der Waals surface area (Å²) >= 11 is 0. The molecule has 0 spiro atoms. The number of hydrogen-bond acceptors (Lipinski definition) is 6. The molecule has 1 aliphatic rings. The molecule has 1 aliphatic carbocycles. The molecular weight excluding hydrogens is 420 g/mol. The number of rotatable bonds is 3. The van der Waals surface area contributed by atoms with Crippen molar-refractivity contribution >= 4 is 33.6 Å². The van der Waals surface area contributed by atoms with Gasteiger partial charge >= 0.3 is 0 Å². The number of nitrogens with two attached hydrogens (primary N) is 1. The van der Waals surface area contributed by atoms with Crippen molar-refractivity contribution in [2.24, 2.45) is 11.3 Å². The van der Waals surface area contributed by atoms with Gasteiger partial charge in [0, 0.05) is 35.5 Å². The molecule has 2 aromatic carbocycles. The Morgan fingerprint density at radius 1 is 0.971 bits per heavy atom. The van der Waals surface area contributed by atoms with Crippen LogP contribution in [0.25, 0.3) is 32.9 Å². The molecular formula is C28H34N6. The summed E-state index contributed by atoms with van der Waals surface area (Å²) in [5.74, 6) is 3.20. The first-order valence-corrected chi connectivity index (χ1v) is 12.3. The third-order valence-corrected chi connectivity index (χ3v) is 7.53. The Labute approximate surface area is 201 Å². The number of benzene rings is 2. The van der Waals surface area contributed by atoms with Crippen molar-refractivity contribution in [3.8, 4) is 11.1 Å². The Morgan fingerprint density at radius 3 is 2.44 bits per heavy atom. The number of nitrogens with one attached hydrogen (secondary N) is 1. The summed E-state index contributed by atoms with van der Waals surface area (Å²) in [5, 5.41) is 4.91. The van der Waals surface area contributed by atoms with E-state index in [2.05, 4.69) is 61.2 Å². The van der Waals surface area contributed by atoms with Crippen LogP contribution in [-0.2, 0) is 0 Å². The molecule has 3 N–H and O–H groups in total. The predicted molar refractivity (Wildman–Crippen MR) is 141 cm³/mol. The summed E-state index contributed by atoms with van der Waals surface area (Å²) in [6.07, 6.45) is 6.54. The largest absolute Gasteiger partial charge is 0.383 e. The number of nitrogen functional groups attached to an aromatic ring is 1. The van der Waals surface area contributed by atoms with E-state index in [1.165, 1.54) is 18.4 Å². The van der Waals surface area contributed by atoms with Gasteiger partial charge in [0.15, 0.2) is 0 Å². The van der Waals surface area contributed by atoms with Gasteiger partial charge in [-0.15, -0.1) is 0 Å². The van der Waals surface area contributed by atoms with Gasteiger partial charge in [0.1, 0.15) is 11.6 Å². The highest BCUT2D eigenvalue weighted by molar-refractivity contribution is 6.01. The van der Waals surface area contributed by atoms with E-state index in [0.29, 0.717) is 23.1 Å². The first-order chi connectivity index (χ1) is 16.2. The van der Waals surface area contributed by atoms with E-state index in [9.17, 15) is 0 Å². The Balaban J connectivity index is 1.58. The normalized spacial score (nSPS) is 19.0. The molecule has 2 aromatic heterocycles. The molecule has 1 saturated carbocycles. The van der Waals surface area contributed by atoms with Crippen LogP contribution >= 0.6 is 0 Å². The first-order valence-electron chi connectivity index (χ1n) is 12.3. The van der Waals surface area contributed by atoms with Crippen LogP contribution in [-0.4, -0.2) is 27.0 Å². The monoisotopic (exact) mass is 454 g/mol. The fourth-order valence-electron chi connectivity index (χ4n) is 5.41. The first kappa shape index (κ1) is 22.5. The molecule has 1 fully saturated rings. The van der Waals surface area contributed by atoms with E-state index in [0.717, 1.165) is 57.5 Å². The third kappa shape index (κ3) is 4.06. The fourth-order valence-corrected chi connectivity index (χ4v) is 5.41. The number of aryl methyl sites for hydroxylation is 1. The van der Waals surface area contributed by atoms with E-state index in [4.69, 9.17) is 15.7 Å². The quantitative estimate of drug-likeness (QED) is 0.368. The molecule has 0 amide bonds. The van der Waals surface area contributed by atoms with Crippen LogP contribution in [0.1, 0.15) is 63.8 Å². The molecule has 0 aliphatic heterocycles. The number of hydrogen-bond donors (Lipinski definition) is 2. The van der Waals surface area contributed by atoms with Crippen molar-refractivity contribution in [2.75, 3.05) is 18.1 Å². The zero-order valence-electron chi connectivity index (χ0n) is 20.8. The Morgan fingerprint density at radius 2 is 1.74 bits per heavy atom. The van der Waals surface area contributed by atoms with E-state index in [1.807, 2.05) is 25.4 Å².